The van der Waals surface area contributed by atoms with Gasteiger partial charge < -0.3 is 5.32 Å². The average molecular weight is 105 g/mol. The standard InChI is InChI=1S/C5H12FN/c1-5(7-2)3-4-6/h5,7H,3-4H2,1-2H3. The van der Waals surface area contributed by atoms with Crippen molar-refractivity contribution in [3.05, 3.63) is 0 Å². The first-order chi connectivity index (χ1) is 3.31. The van der Waals surface area contributed by atoms with Crippen LogP contribution in [-0.2, 0) is 0 Å². The lowest BCUT2D eigenvalue weighted by Gasteiger charge is -2.03. The fraction of sp³-hybridized carbons (Fsp3) is 1.00. The Bertz CT molecular complexity index is 39.1. The molecule has 0 radical (unpaired) electrons. The Kier molecular flexibility index (Phi) is 4.00. The molecule has 0 aromatic carbocycles. The van der Waals surface area contributed by atoms with Crippen LogP contribution in [0.3, 0.4) is 0 Å². The fourth-order valence-corrected chi connectivity index (χ4v) is 0.308. The third-order valence-corrected chi connectivity index (χ3v) is 1.03. The number of alkyl halides is 1. The van der Waals surface area contributed by atoms with Crippen LogP contribution < -0.4 is 5.32 Å². The van der Waals surface area contributed by atoms with Gasteiger partial charge in [-0.1, -0.05) is 0 Å². The van der Waals surface area contributed by atoms with E-state index in [1.165, 1.54) is 0 Å². The highest BCUT2D eigenvalue weighted by Crippen LogP contribution is 1.87. The Labute approximate surface area is 43.9 Å². The Morgan fingerprint density at radius 1 is 1.71 bits per heavy atom. The molecule has 1 atom stereocenters. The molecule has 0 aliphatic rings. The highest BCUT2D eigenvalue weighted by Gasteiger charge is 1.93. The van der Waals surface area contributed by atoms with Gasteiger partial charge in [-0.15, -0.1) is 0 Å². The first kappa shape index (κ1) is 6.89. The maximum atomic E-state index is 11.4. The molecule has 2 heteroatoms. The molecule has 0 heterocycles. The van der Waals surface area contributed by atoms with Crippen LogP contribution >= 0.6 is 0 Å². The lowest BCUT2D eigenvalue weighted by Crippen LogP contribution is -2.21. The van der Waals surface area contributed by atoms with E-state index in [2.05, 4.69) is 5.32 Å². The topological polar surface area (TPSA) is 12.0 Å². The normalized spacial score (nSPS) is 14.1. The van der Waals surface area contributed by atoms with Crippen LogP contribution in [0.5, 0.6) is 0 Å². The van der Waals surface area contributed by atoms with Crippen molar-refractivity contribution in [2.24, 2.45) is 0 Å². The van der Waals surface area contributed by atoms with E-state index in [9.17, 15) is 4.39 Å². The van der Waals surface area contributed by atoms with Gasteiger partial charge in [0.1, 0.15) is 0 Å². The second-order valence-corrected chi connectivity index (χ2v) is 1.67. The molecule has 0 rings (SSSR count). The summed E-state index contributed by atoms with van der Waals surface area (Å²) in [5, 5.41) is 2.93. The predicted octanol–water partition coefficient (Wildman–Crippen LogP) is 0.954. The van der Waals surface area contributed by atoms with E-state index in [1.54, 1.807) is 0 Å². The van der Waals surface area contributed by atoms with E-state index in [-0.39, 0.29) is 6.67 Å². The Morgan fingerprint density at radius 3 is 2.43 bits per heavy atom. The Hall–Kier alpha value is -0.110. The summed E-state index contributed by atoms with van der Waals surface area (Å²) in [6.07, 6.45) is 0.622. The summed E-state index contributed by atoms with van der Waals surface area (Å²) >= 11 is 0. The second-order valence-electron chi connectivity index (χ2n) is 1.67. The number of hydrogen-bond donors (Lipinski definition) is 1. The second kappa shape index (κ2) is 4.06. The van der Waals surface area contributed by atoms with Crippen molar-refractivity contribution in [1.29, 1.82) is 0 Å². The van der Waals surface area contributed by atoms with Gasteiger partial charge in [-0.25, -0.2) is 0 Å². The largest absolute Gasteiger partial charge is 0.317 e. The molecule has 0 aliphatic carbocycles. The first-order valence-corrected chi connectivity index (χ1v) is 2.54. The van der Waals surface area contributed by atoms with E-state index in [0.29, 0.717) is 12.5 Å². The van der Waals surface area contributed by atoms with Gasteiger partial charge in [-0.3, -0.25) is 4.39 Å². The van der Waals surface area contributed by atoms with Crippen LogP contribution in [0.15, 0.2) is 0 Å². The molecule has 0 amide bonds. The molecule has 0 spiro atoms. The molecule has 0 fully saturated rings. The number of nitrogens with one attached hydrogen (secondary N) is 1. The van der Waals surface area contributed by atoms with Gasteiger partial charge in [0, 0.05) is 6.04 Å². The zero-order valence-electron chi connectivity index (χ0n) is 4.87. The minimum Gasteiger partial charge on any atom is -0.317 e. The smallest absolute Gasteiger partial charge is 0.0909 e. The zero-order valence-corrected chi connectivity index (χ0v) is 4.87. The molecule has 0 aromatic rings. The van der Waals surface area contributed by atoms with Crippen LogP contribution in [0, 0.1) is 0 Å². The molecule has 1 nitrogen and oxygen atoms in total. The van der Waals surface area contributed by atoms with E-state index in [4.69, 9.17) is 0 Å². The maximum Gasteiger partial charge on any atom is 0.0909 e. The molecular weight excluding hydrogens is 93.1 g/mol. The molecule has 1 N–H and O–H groups in total. The van der Waals surface area contributed by atoms with Gasteiger partial charge in [0.05, 0.1) is 6.67 Å². The zero-order chi connectivity index (χ0) is 5.70. The van der Waals surface area contributed by atoms with E-state index in [1.807, 2.05) is 14.0 Å². The van der Waals surface area contributed by atoms with Crippen LogP contribution in [0.1, 0.15) is 13.3 Å². The van der Waals surface area contributed by atoms with Gasteiger partial charge >= 0.3 is 0 Å². The van der Waals surface area contributed by atoms with Gasteiger partial charge in [-0.2, -0.15) is 0 Å². The van der Waals surface area contributed by atoms with E-state index < -0.39 is 0 Å². The van der Waals surface area contributed by atoms with Gasteiger partial charge in [-0.05, 0) is 20.4 Å². The summed E-state index contributed by atoms with van der Waals surface area (Å²) in [4.78, 5) is 0. The van der Waals surface area contributed by atoms with Crippen LogP contribution in [0.25, 0.3) is 0 Å². The van der Waals surface area contributed by atoms with Crippen molar-refractivity contribution in [2.45, 2.75) is 19.4 Å². The van der Waals surface area contributed by atoms with Gasteiger partial charge in [0.25, 0.3) is 0 Å². The predicted molar refractivity (Wildman–Crippen MR) is 29.1 cm³/mol. The minimum atomic E-state index is -0.220. The van der Waals surface area contributed by atoms with E-state index >= 15 is 0 Å². The molecule has 44 valence electrons. The number of halogens is 1. The van der Waals surface area contributed by atoms with E-state index in [0.717, 1.165) is 0 Å². The van der Waals surface area contributed by atoms with Crippen molar-refractivity contribution in [1.82, 2.24) is 5.32 Å². The lowest BCUT2D eigenvalue weighted by atomic mass is 10.3. The quantitative estimate of drug-likeness (QED) is 0.563. The third-order valence-electron chi connectivity index (χ3n) is 1.03. The molecule has 1 unspecified atom stereocenters. The maximum absolute atomic E-state index is 11.4. The lowest BCUT2D eigenvalue weighted by molar-refractivity contribution is 0.423. The minimum absolute atomic E-state index is 0.220. The summed E-state index contributed by atoms with van der Waals surface area (Å²) in [7, 11) is 1.83. The van der Waals surface area contributed by atoms with Gasteiger partial charge in [0.2, 0.25) is 0 Å². The number of rotatable bonds is 3. The van der Waals surface area contributed by atoms with Crippen LogP contribution in [0.4, 0.5) is 4.39 Å². The SMILES string of the molecule is CNC(C)CCF. The first-order valence-electron chi connectivity index (χ1n) is 2.54. The summed E-state index contributed by atoms with van der Waals surface area (Å²) in [6, 6.07) is 0.324. The number of hydrogen-bond acceptors (Lipinski definition) is 1. The monoisotopic (exact) mass is 105 g/mol. The Balaban J connectivity index is 2.83. The average Bonchev–Trinajstić information content (AvgIpc) is 1.68. The third kappa shape index (κ3) is 3.73. The summed E-state index contributed by atoms with van der Waals surface area (Å²) < 4.78 is 11.4. The van der Waals surface area contributed by atoms with Crippen molar-refractivity contribution >= 4 is 0 Å². The van der Waals surface area contributed by atoms with Crippen molar-refractivity contribution in [3.63, 3.8) is 0 Å². The van der Waals surface area contributed by atoms with Crippen molar-refractivity contribution < 1.29 is 4.39 Å². The molecular formula is C5H12FN. The molecule has 0 bridgehead atoms. The van der Waals surface area contributed by atoms with Crippen molar-refractivity contribution in [2.75, 3.05) is 13.7 Å². The molecule has 0 aliphatic heterocycles. The fourth-order valence-electron chi connectivity index (χ4n) is 0.308. The summed E-state index contributed by atoms with van der Waals surface area (Å²) in [5.74, 6) is 0. The summed E-state index contributed by atoms with van der Waals surface area (Å²) in [5.41, 5.74) is 0. The van der Waals surface area contributed by atoms with Crippen molar-refractivity contribution in [3.8, 4) is 0 Å². The molecule has 0 aromatic heterocycles. The molecule has 7 heavy (non-hydrogen) atoms. The molecule has 0 saturated heterocycles. The van der Waals surface area contributed by atoms with Crippen LogP contribution in [0.2, 0.25) is 0 Å². The Morgan fingerprint density at radius 2 is 2.29 bits per heavy atom. The molecule has 0 saturated carbocycles. The van der Waals surface area contributed by atoms with Crippen LogP contribution in [-0.4, -0.2) is 19.8 Å². The summed E-state index contributed by atoms with van der Waals surface area (Å²) in [6.45, 7) is 1.74. The van der Waals surface area contributed by atoms with Gasteiger partial charge in [0.15, 0.2) is 0 Å². The highest BCUT2D eigenvalue weighted by molar-refractivity contribution is 4.53. The highest BCUT2D eigenvalue weighted by atomic mass is 19.1.